The molecule has 3 heterocycles. The molecule has 3 aliphatic rings. The molecule has 1 aliphatic heterocycles. The van der Waals surface area contributed by atoms with E-state index in [0.29, 0.717) is 25.6 Å². The minimum atomic E-state index is -0.134. The molecule has 4 atom stereocenters. The Balaban J connectivity index is 1.14. The number of nitrogens with zero attached hydrogens (tertiary/aromatic N) is 4. The highest BCUT2D eigenvalue weighted by molar-refractivity contribution is 6.06. The molecule has 8 nitrogen and oxygen atoms in total. The zero-order valence-electron chi connectivity index (χ0n) is 16.3. The highest BCUT2D eigenvalue weighted by Crippen LogP contribution is 2.52. The SMILES string of the molecule is CN=C(NCCN1C(=O)C2C3C=CC(C3)C2C1=O)NCc1cn2ccccc2n1. The number of guanidine groups is 1. The van der Waals surface area contributed by atoms with Gasteiger partial charge in [-0.15, -0.1) is 0 Å². The van der Waals surface area contributed by atoms with E-state index < -0.39 is 0 Å². The number of hydrogen-bond donors (Lipinski definition) is 2. The van der Waals surface area contributed by atoms with E-state index >= 15 is 0 Å². The van der Waals surface area contributed by atoms with Gasteiger partial charge >= 0.3 is 0 Å². The molecule has 8 heteroatoms. The molecule has 1 saturated carbocycles. The Morgan fingerprint density at radius 2 is 1.93 bits per heavy atom. The highest BCUT2D eigenvalue weighted by atomic mass is 16.2. The maximum absolute atomic E-state index is 12.7. The number of imide groups is 1. The van der Waals surface area contributed by atoms with Gasteiger partial charge in [0.2, 0.25) is 11.8 Å². The van der Waals surface area contributed by atoms with Crippen molar-refractivity contribution < 1.29 is 9.59 Å². The summed E-state index contributed by atoms with van der Waals surface area (Å²) >= 11 is 0. The van der Waals surface area contributed by atoms with E-state index in [4.69, 9.17) is 0 Å². The number of allylic oxidation sites excluding steroid dienone is 2. The molecule has 4 unspecified atom stereocenters. The Hall–Kier alpha value is -3.16. The maximum Gasteiger partial charge on any atom is 0.233 e. The lowest BCUT2D eigenvalue weighted by Gasteiger charge is -2.18. The second-order valence-electron chi connectivity index (χ2n) is 7.88. The molecule has 2 aromatic rings. The summed E-state index contributed by atoms with van der Waals surface area (Å²) in [5, 5.41) is 6.41. The van der Waals surface area contributed by atoms with Gasteiger partial charge in [0.1, 0.15) is 5.65 Å². The van der Waals surface area contributed by atoms with Crippen molar-refractivity contribution in [3.05, 3.63) is 48.4 Å². The molecule has 1 saturated heterocycles. The quantitative estimate of drug-likeness (QED) is 0.340. The van der Waals surface area contributed by atoms with Gasteiger partial charge in [-0.25, -0.2) is 4.98 Å². The van der Waals surface area contributed by atoms with E-state index in [1.54, 1.807) is 7.05 Å². The van der Waals surface area contributed by atoms with Crippen LogP contribution >= 0.6 is 0 Å². The smallest absolute Gasteiger partial charge is 0.233 e. The topological polar surface area (TPSA) is 91.1 Å². The number of pyridine rings is 1. The number of fused-ring (bicyclic) bond motifs is 6. The second-order valence-corrected chi connectivity index (χ2v) is 7.88. The van der Waals surface area contributed by atoms with Crippen LogP contribution in [-0.4, -0.2) is 52.2 Å². The lowest BCUT2D eigenvalue weighted by molar-refractivity contribution is -0.140. The fourth-order valence-electron chi connectivity index (χ4n) is 4.94. The van der Waals surface area contributed by atoms with Gasteiger partial charge in [-0.2, -0.15) is 0 Å². The Morgan fingerprint density at radius 3 is 2.62 bits per heavy atom. The molecule has 0 radical (unpaired) electrons. The Labute approximate surface area is 168 Å². The minimum Gasteiger partial charge on any atom is -0.355 e. The number of aliphatic imine (C=N–C) groups is 1. The van der Waals surface area contributed by atoms with Crippen molar-refractivity contribution in [2.75, 3.05) is 20.1 Å². The van der Waals surface area contributed by atoms with Crippen molar-refractivity contribution >= 4 is 23.4 Å². The summed E-state index contributed by atoms with van der Waals surface area (Å²) in [5.41, 5.74) is 1.80. The third-order valence-electron chi connectivity index (χ3n) is 6.26. The zero-order chi connectivity index (χ0) is 20.0. The van der Waals surface area contributed by atoms with Crippen LogP contribution in [0.25, 0.3) is 5.65 Å². The highest BCUT2D eigenvalue weighted by Gasteiger charge is 2.58. The van der Waals surface area contributed by atoms with Gasteiger partial charge in [0, 0.05) is 32.5 Å². The van der Waals surface area contributed by atoms with Crippen LogP contribution in [-0.2, 0) is 16.1 Å². The maximum atomic E-state index is 12.7. The predicted octanol–water partition coefficient (Wildman–Crippen LogP) is 0.806. The largest absolute Gasteiger partial charge is 0.355 e. The van der Waals surface area contributed by atoms with Crippen LogP contribution in [0, 0.1) is 23.7 Å². The molecule has 2 bridgehead atoms. The van der Waals surface area contributed by atoms with Gasteiger partial charge in [-0.3, -0.25) is 19.5 Å². The fraction of sp³-hybridized carbons (Fsp3) is 0.429. The summed E-state index contributed by atoms with van der Waals surface area (Å²) in [4.78, 5) is 35.6. The van der Waals surface area contributed by atoms with Crippen LogP contribution in [0.5, 0.6) is 0 Å². The number of nitrogens with one attached hydrogen (secondary N) is 2. The molecule has 2 amide bonds. The minimum absolute atomic E-state index is 0.00806. The summed E-state index contributed by atoms with van der Waals surface area (Å²) < 4.78 is 1.97. The summed E-state index contributed by atoms with van der Waals surface area (Å²) in [6.45, 7) is 1.35. The number of aromatic nitrogens is 2. The van der Waals surface area contributed by atoms with Crippen molar-refractivity contribution in [2.45, 2.75) is 13.0 Å². The molecule has 29 heavy (non-hydrogen) atoms. The van der Waals surface area contributed by atoms with Gasteiger partial charge in [0.05, 0.1) is 24.1 Å². The third-order valence-corrected chi connectivity index (χ3v) is 6.26. The normalized spacial score (nSPS) is 27.9. The number of likely N-dealkylation sites (tertiary alicyclic amines) is 1. The molecular weight excluding hydrogens is 368 g/mol. The predicted molar refractivity (Wildman–Crippen MR) is 108 cm³/mol. The number of hydrogen-bond acceptors (Lipinski definition) is 4. The van der Waals surface area contributed by atoms with Crippen molar-refractivity contribution in [1.82, 2.24) is 24.9 Å². The van der Waals surface area contributed by atoms with E-state index in [1.165, 1.54) is 4.90 Å². The number of carbonyl (C=O) groups is 2. The van der Waals surface area contributed by atoms with Crippen molar-refractivity contribution in [2.24, 2.45) is 28.7 Å². The third kappa shape index (κ3) is 2.99. The van der Waals surface area contributed by atoms with Crippen LogP contribution < -0.4 is 10.6 Å². The van der Waals surface area contributed by atoms with E-state index in [9.17, 15) is 9.59 Å². The first-order valence-electron chi connectivity index (χ1n) is 10.1. The van der Waals surface area contributed by atoms with Gasteiger partial charge in [0.25, 0.3) is 0 Å². The first-order valence-corrected chi connectivity index (χ1v) is 10.1. The molecule has 2 aromatic heterocycles. The van der Waals surface area contributed by atoms with Crippen molar-refractivity contribution in [3.8, 4) is 0 Å². The Morgan fingerprint density at radius 1 is 1.17 bits per heavy atom. The van der Waals surface area contributed by atoms with Crippen LogP contribution in [0.4, 0.5) is 0 Å². The first-order chi connectivity index (χ1) is 14.2. The van der Waals surface area contributed by atoms with Gasteiger partial charge in [-0.05, 0) is 30.4 Å². The summed E-state index contributed by atoms with van der Waals surface area (Å²) in [6, 6.07) is 5.87. The second kappa shape index (κ2) is 7.02. The summed E-state index contributed by atoms with van der Waals surface area (Å²) in [6.07, 6.45) is 9.12. The van der Waals surface area contributed by atoms with Crippen LogP contribution in [0.1, 0.15) is 12.1 Å². The number of rotatable bonds is 5. The monoisotopic (exact) mass is 392 g/mol. The molecular formula is C21H24N6O2. The van der Waals surface area contributed by atoms with Gasteiger partial charge < -0.3 is 15.0 Å². The number of imidazole rings is 1. The molecule has 5 rings (SSSR count). The van der Waals surface area contributed by atoms with E-state index in [0.717, 1.165) is 17.8 Å². The lowest BCUT2D eigenvalue weighted by Crippen LogP contribution is -2.43. The molecule has 2 fully saturated rings. The van der Waals surface area contributed by atoms with Crippen molar-refractivity contribution in [1.29, 1.82) is 0 Å². The number of carbonyl (C=O) groups excluding carboxylic acids is 2. The zero-order valence-corrected chi connectivity index (χ0v) is 16.3. The van der Waals surface area contributed by atoms with Crippen LogP contribution in [0.2, 0.25) is 0 Å². The Kier molecular flexibility index (Phi) is 4.34. The van der Waals surface area contributed by atoms with Gasteiger partial charge in [-0.1, -0.05) is 18.2 Å². The molecule has 2 N–H and O–H groups in total. The molecule has 2 aliphatic carbocycles. The summed E-state index contributed by atoms with van der Waals surface area (Å²) in [7, 11) is 1.69. The summed E-state index contributed by atoms with van der Waals surface area (Å²) in [5.74, 6) is 0.828. The average molecular weight is 392 g/mol. The first kappa shape index (κ1) is 17.9. The number of amides is 2. The van der Waals surface area contributed by atoms with E-state index in [-0.39, 0.29) is 35.5 Å². The van der Waals surface area contributed by atoms with Crippen LogP contribution in [0.15, 0.2) is 47.7 Å². The fourth-order valence-corrected chi connectivity index (χ4v) is 4.94. The van der Waals surface area contributed by atoms with Crippen molar-refractivity contribution in [3.63, 3.8) is 0 Å². The van der Waals surface area contributed by atoms with Gasteiger partial charge in [0.15, 0.2) is 5.96 Å². The molecule has 0 aromatic carbocycles. The molecule has 150 valence electrons. The van der Waals surface area contributed by atoms with E-state index in [1.807, 2.05) is 35.0 Å². The van der Waals surface area contributed by atoms with Crippen LogP contribution in [0.3, 0.4) is 0 Å². The average Bonchev–Trinajstić information content (AvgIpc) is 3.49. The van der Waals surface area contributed by atoms with E-state index in [2.05, 4.69) is 32.8 Å². The standard InChI is InChI=1S/C21H24N6O2/c1-22-21(24-11-15-12-26-8-3-2-4-16(26)25-15)23-7-9-27-19(28)17-13-5-6-14(10-13)18(17)20(27)29/h2-6,8,12-14,17-18H,7,9-11H2,1H3,(H2,22,23,24). The molecule has 0 spiro atoms. The lowest BCUT2D eigenvalue weighted by atomic mass is 9.85. The Bertz CT molecular complexity index is 962.